The molecule has 1 rings (SSSR count). The van der Waals surface area contributed by atoms with Crippen molar-refractivity contribution in [2.45, 2.75) is 25.8 Å². The first-order valence-corrected chi connectivity index (χ1v) is 4.41. The Morgan fingerprint density at radius 2 is 2.23 bits per heavy atom. The summed E-state index contributed by atoms with van der Waals surface area (Å²) in [6, 6.07) is -0.133. The molecule has 1 aromatic rings. The van der Waals surface area contributed by atoms with Crippen molar-refractivity contribution in [3.63, 3.8) is 0 Å². The van der Waals surface area contributed by atoms with Gasteiger partial charge in [-0.25, -0.2) is 0 Å². The number of nitrogens with two attached hydrogens (primary N) is 1. The van der Waals surface area contributed by atoms with Gasteiger partial charge in [0.1, 0.15) is 0 Å². The summed E-state index contributed by atoms with van der Waals surface area (Å²) in [7, 11) is 3.72. The van der Waals surface area contributed by atoms with Gasteiger partial charge in [0.2, 0.25) is 5.89 Å². The quantitative estimate of drug-likeness (QED) is 0.754. The number of hydrogen-bond acceptors (Lipinski definition) is 5. The Labute approximate surface area is 77.9 Å². The van der Waals surface area contributed by atoms with E-state index in [9.17, 15) is 0 Å². The van der Waals surface area contributed by atoms with E-state index >= 15 is 0 Å². The number of nitrogens with zero attached hydrogens (tertiary/aromatic N) is 3. The second kappa shape index (κ2) is 4.23. The van der Waals surface area contributed by atoms with E-state index in [-0.39, 0.29) is 6.04 Å². The van der Waals surface area contributed by atoms with E-state index in [0.29, 0.717) is 11.8 Å². The first-order chi connectivity index (χ1) is 6.15. The molecule has 0 aliphatic heterocycles. The van der Waals surface area contributed by atoms with Crippen LogP contribution in [0.5, 0.6) is 0 Å². The highest BCUT2D eigenvalue weighted by atomic mass is 16.5. The van der Waals surface area contributed by atoms with Crippen LogP contribution in [0.25, 0.3) is 0 Å². The van der Waals surface area contributed by atoms with Crippen molar-refractivity contribution in [3.05, 3.63) is 5.89 Å². The van der Waals surface area contributed by atoms with Crippen molar-refractivity contribution in [2.75, 3.05) is 19.0 Å². The third kappa shape index (κ3) is 2.42. The summed E-state index contributed by atoms with van der Waals surface area (Å²) in [5.74, 6) is 1.09. The molecular weight excluding hydrogens is 168 g/mol. The summed E-state index contributed by atoms with van der Waals surface area (Å²) >= 11 is 0. The summed E-state index contributed by atoms with van der Waals surface area (Å²) in [6.07, 6.45) is 1.88. The Bertz CT molecular complexity index is 258. The van der Waals surface area contributed by atoms with E-state index in [4.69, 9.17) is 10.3 Å². The molecule has 2 N–H and O–H groups in total. The number of rotatable bonds is 4. The average molecular weight is 184 g/mol. The predicted molar refractivity (Wildman–Crippen MR) is 50.5 cm³/mol. The molecule has 5 heteroatoms. The van der Waals surface area contributed by atoms with Crippen molar-refractivity contribution in [2.24, 2.45) is 5.73 Å². The van der Waals surface area contributed by atoms with Crippen LogP contribution in [0.15, 0.2) is 4.52 Å². The largest absolute Gasteiger partial charge is 0.344 e. The fourth-order valence-electron chi connectivity index (χ4n) is 0.994. The van der Waals surface area contributed by atoms with Crippen molar-refractivity contribution in [1.82, 2.24) is 10.1 Å². The Hall–Kier alpha value is -1.10. The fraction of sp³-hybridized carbons (Fsp3) is 0.750. The van der Waals surface area contributed by atoms with Gasteiger partial charge in [-0.2, -0.15) is 4.98 Å². The Kier molecular flexibility index (Phi) is 3.25. The van der Waals surface area contributed by atoms with Crippen LogP contribution >= 0.6 is 0 Å². The highest BCUT2D eigenvalue weighted by Gasteiger charge is 2.14. The van der Waals surface area contributed by atoms with Crippen LogP contribution in [0.1, 0.15) is 31.7 Å². The lowest BCUT2D eigenvalue weighted by atomic mass is 10.2. The minimum Gasteiger partial charge on any atom is -0.344 e. The molecule has 0 bridgehead atoms. The zero-order valence-electron chi connectivity index (χ0n) is 8.32. The summed E-state index contributed by atoms with van der Waals surface area (Å²) in [4.78, 5) is 5.93. The predicted octanol–water partition coefficient (Wildman–Crippen LogP) is 0.935. The van der Waals surface area contributed by atoms with Gasteiger partial charge in [0.05, 0.1) is 6.04 Å². The average Bonchev–Trinajstić information content (AvgIpc) is 2.52. The van der Waals surface area contributed by atoms with Crippen LogP contribution in [-0.2, 0) is 0 Å². The molecule has 0 spiro atoms. The van der Waals surface area contributed by atoms with Crippen LogP contribution in [-0.4, -0.2) is 24.2 Å². The first kappa shape index (κ1) is 9.98. The third-order valence-corrected chi connectivity index (χ3v) is 1.75. The van der Waals surface area contributed by atoms with Gasteiger partial charge < -0.3 is 15.2 Å². The second-order valence-electron chi connectivity index (χ2n) is 3.22. The first-order valence-electron chi connectivity index (χ1n) is 4.41. The summed E-state index contributed by atoms with van der Waals surface area (Å²) in [6.45, 7) is 2.07. The van der Waals surface area contributed by atoms with Gasteiger partial charge in [-0.05, 0) is 11.6 Å². The van der Waals surface area contributed by atoms with Gasteiger partial charge >= 0.3 is 0 Å². The van der Waals surface area contributed by atoms with Crippen LogP contribution < -0.4 is 10.6 Å². The molecular formula is C8H16N4O. The van der Waals surface area contributed by atoms with Gasteiger partial charge in [0, 0.05) is 14.1 Å². The Balaban J connectivity index is 2.67. The molecule has 0 radical (unpaired) electrons. The minimum atomic E-state index is -0.133. The van der Waals surface area contributed by atoms with Gasteiger partial charge in [-0.1, -0.05) is 13.3 Å². The van der Waals surface area contributed by atoms with E-state index in [1.54, 1.807) is 4.90 Å². The van der Waals surface area contributed by atoms with E-state index in [0.717, 1.165) is 12.8 Å². The molecule has 1 aromatic heterocycles. The normalized spacial score (nSPS) is 12.9. The summed E-state index contributed by atoms with van der Waals surface area (Å²) < 4.78 is 5.01. The van der Waals surface area contributed by atoms with Gasteiger partial charge in [0.25, 0.3) is 5.95 Å². The monoisotopic (exact) mass is 184 g/mol. The Morgan fingerprint density at radius 1 is 1.54 bits per heavy atom. The fourth-order valence-corrected chi connectivity index (χ4v) is 0.994. The van der Waals surface area contributed by atoms with E-state index in [2.05, 4.69) is 17.1 Å². The molecule has 0 aromatic carbocycles. The molecule has 13 heavy (non-hydrogen) atoms. The molecule has 0 saturated carbocycles. The van der Waals surface area contributed by atoms with E-state index < -0.39 is 0 Å². The smallest absolute Gasteiger partial charge is 0.265 e. The lowest BCUT2D eigenvalue weighted by molar-refractivity contribution is 0.348. The van der Waals surface area contributed by atoms with Crippen molar-refractivity contribution < 1.29 is 4.52 Å². The zero-order valence-corrected chi connectivity index (χ0v) is 8.32. The van der Waals surface area contributed by atoms with Crippen molar-refractivity contribution >= 4 is 5.95 Å². The molecule has 0 aliphatic rings. The molecule has 74 valence electrons. The molecule has 5 nitrogen and oxygen atoms in total. The molecule has 1 unspecified atom stereocenters. The Morgan fingerprint density at radius 3 is 2.69 bits per heavy atom. The van der Waals surface area contributed by atoms with Crippen LogP contribution in [0, 0.1) is 0 Å². The molecule has 0 aliphatic carbocycles. The molecule has 0 amide bonds. The van der Waals surface area contributed by atoms with Crippen molar-refractivity contribution in [1.29, 1.82) is 0 Å². The molecule has 1 heterocycles. The zero-order chi connectivity index (χ0) is 9.84. The summed E-state index contributed by atoms with van der Waals surface area (Å²) in [5, 5.41) is 3.78. The van der Waals surface area contributed by atoms with Gasteiger partial charge in [-0.15, -0.1) is 0 Å². The van der Waals surface area contributed by atoms with Crippen LogP contribution in [0.3, 0.4) is 0 Å². The highest BCUT2D eigenvalue weighted by molar-refractivity contribution is 5.23. The second-order valence-corrected chi connectivity index (χ2v) is 3.22. The van der Waals surface area contributed by atoms with E-state index in [1.165, 1.54) is 0 Å². The number of anilines is 1. The number of hydrogen-bond donors (Lipinski definition) is 1. The third-order valence-electron chi connectivity index (χ3n) is 1.75. The van der Waals surface area contributed by atoms with Crippen molar-refractivity contribution in [3.8, 4) is 0 Å². The molecule has 0 saturated heterocycles. The minimum absolute atomic E-state index is 0.133. The van der Waals surface area contributed by atoms with Gasteiger partial charge in [-0.3, -0.25) is 0 Å². The van der Waals surface area contributed by atoms with E-state index in [1.807, 2.05) is 14.1 Å². The molecule has 1 atom stereocenters. The standard InChI is InChI=1S/C8H16N4O/c1-4-5-6(9)7-10-8(11-13-7)12(2)3/h6H,4-5,9H2,1-3H3. The lowest BCUT2D eigenvalue weighted by Crippen LogP contribution is -2.12. The van der Waals surface area contributed by atoms with Crippen LogP contribution in [0.4, 0.5) is 5.95 Å². The maximum absolute atomic E-state index is 5.80. The SMILES string of the molecule is CCCC(N)c1nc(N(C)C)no1. The van der Waals surface area contributed by atoms with Gasteiger partial charge in [0.15, 0.2) is 0 Å². The summed E-state index contributed by atoms with van der Waals surface area (Å²) in [5.41, 5.74) is 5.80. The number of aromatic nitrogens is 2. The van der Waals surface area contributed by atoms with Crippen LogP contribution in [0.2, 0.25) is 0 Å². The maximum atomic E-state index is 5.80. The topological polar surface area (TPSA) is 68.2 Å². The maximum Gasteiger partial charge on any atom is 0.265 e. The molecule has 0 fully saturated rings. The highest BCUT2D eigenvalue weighted by Crippen LogP contribution is 2.15. The lowest BCUT2D eigenvalue weighted by Gasteiger charge is -2.04.